The molecule has 0 radical (unpaired) electrons. The predicted molar refractivity (Wildman–Crippen MR) is 105 cm³/mol. The van der Waals surface area contributed by atoms with Crippen LogP contribution in [0, 0.1) is 6.92 Å². The average Bonchev–Trinajstić information content (AvgIpc) is 3.42. The van der Waals surface area contributed by atoms with Gasteiger partial charge >= 0.3 is 5.97 Å². The number of rotatable bonds is 8. The molecule has 10 heteroatoms. The molecule has 1 aromatic carbocycles. The highest BCUT2D eigenvalue weighted by molar-refractivity contribution is 5.68. The lowest BCUT2D eigenvalue weighted by Crippen LogP contribution is -2.16. The van der Waals surface area contributed by atoms with Gasteiger partial charge < -0.3 is 9.26 Å². The van der Waals surface area contributed by atoms with E-state index >= 15 is 0 Å². The SMILES string of the molecule is Cc1ccc(-c2nnn(CC(=O)OCCCc3nc(-c4cccnc4)no3)n2)cc1. The van der Waals surface area contributed by atoms with Crippen molar-refractivity contribution in [3.05, 3.63) is 60.2 Å². The number of hydrogen-bond donors (Lipinski definition) is 0. The van der Waals surface area contributed by atoms with E-state index in [4.69, 9.17) is 9.26 Å². The Morgan fingerprint density at radius 1 is 1.13 bits per heavy atom. The summed E-state index contributed by atoms with van der Waals surface area (Å²) in [5.74, 6) is 0.982. The first-order valence-electron chi connectivity index (χ1n) is 9.41. The number of hydrogen-bond acceptors (Lipinski definition) is 9. The van der Waals surface area contributed by atoms with Crippen molar-refractivity contribution in [2.75, 3.05) is 6.61 Å². The van der Waals surface area contributed by atoms with E-state index in [0.717, 1.165) is 16.7 Å². The van der Waals surface area contributed by atoms with Crippen LogP contribution in [0.15, 0.2) is 53.3 Å². The van der Waals surface area contributed by atoms with Gasteiger partial charge in [-0.1, -0.05) is 35.0 Å². The van der Waals surface area contributed by atoms with Crippen molar-refractivity contribution in [1.82, 2.24) is 35.3 Å². The molecule has 3 heterocycles. The van der Waals surface area contributed by atoms with Gasteiger partial charge in [-0.05, 0) is 30.7 Å². The van der Waals surface area contributed by atoms with E-state index in [2.05, 4.69) is 30.5 Å². The molecule has 3 aromatic heterocycles. The monoisotopic (exact) mass is 405 g/mol. The number of nitrogens with zero attached hydrogens (tertiary/aromatic N) is 7. The number of pyridine rings is 1. The number of benzene rings is 1. The van der Waals surface area contributed by atoms with Gasteiger partial charge in [-0.15, -0.1) is 10.2 Å². The molecule has 0 aliphatic rings. The van der Waals surface area contributed by atoms with E-state index in [1.807, 2.05) is 37.3 Å². The number of ether oxygens (including phenoxy) is 1. The van der Waals surface area contributed by atoms with Crippen LogP contribution < -0.4 is 0 Å². The molecule has 0 saturated carbocycles. The van der Waals surface area contributed by atoms with Crippen LogP contribution in [0.5, 0.6) is 0 Å². The Labute approximate surface area is 171 Å². The molecule has 0 atom stereocenters. The first kappa shape index (κ1) is 19.4. The fourth-order valence-corrected chi connectivity index (χ4v) is 2.67. The fourth-order valence-electron chi connectivity index (χ4n) is 2.67. The summed E-state index contributed by atoms with van der Waals surface area (Å²) in [7, 11) is 0. The molecule has 0 amide bonds. The zero-order chi connectivity index (χ0) is 20.8. The summed E-state index contributed by atoms with van der Waals surface area (Å²) >= 11 is 0. The Kier molecular flexibility index (Phi) is 5.83. The Hall–Kier alpha value is -3.95. The highest BCUT2D eigenvalue weighted by Gasteiger charge is 2.12. The summed E-state index contributed by atoms with van der Waals surface area (Å²) in [6.07, 6.45) is 4.40. The molecule has 0 bridgehead atoms. The number of aryl methyl sites for hydroxylation is 2. The molecule has 30 heavy (non-hydrogen) atoms. The maximum absolute atomic E-state index is 12.0. The van der Waals surface area contributed by atoms with E-state index in [1.165, 1.54) is 4.80 Å². The van der Waals surface area contributed by atoms with E-state index in [-0.39, 0.29) is 13.2 Å². The maximum atomic E-state index is 12.0. The Morgan fingerprint density at radius 2 is 2.00 bits per heavy atom. The van der Waals surface area contributed by atoms with Crippen LogP contribution in [-0.4, -0.2) is 47.9 Å². The van der Waals surface area contributed by atoms with E-state index in [1.54, 1.807) is 18.5 Å². The molecule has 0 N–H and O–H groups in total. The third kappa shape index (κ3) is 4.90. The molecular formula is C20H19N7O3. The summed E-state index contributed by atoms with van der Waals surface area (Å²) in [6.45, 7) is 2.12. The summed E-state index contributed by atoms with van der Waals surface area (Å²) in [6, 6.07) is 11.4. The number of carbonyl (C=O) groups excluding carboxylic acids is 1. The van der Waals surface area contributed by atoms with Crippen molar-refractivity contribution in [3.8, 4) is 22.8 Å². The lowest BCUT2D eigenvalue weighted by atomic mass is 10.1. The van der Waals surface area contributed by atoms with E-state index < -0.39 is 5.97 Å². The van der Waals surface area contributed by atoms with E-state index in [9.17, 15) is 4.79 Å². The average molecular weight is 405 g/mol. The maximum Gasteiger partial charge on any atom is 0.329 e. The summed E-state index contributed by atoms with van der Waals surface area (Å²) < 4.78 is 10.4. The third-order valence-electron chi connectivity index (χ3n) is 4.22. The number of tetrazole rings is 1. The van der Waals surface area contributed by atoms with E-state index in [0.29, 0.717) is 30.4 Å². The largest absolute Gasteiger partial charge is 0.464 e. The standard InChI is InChI=1S/C20H19N7O3/c1-14-6-8-15(9-7-14)20-23-26-27(24-20)13-18(28)29-11-3-5-17-22-19(25-30-17)16-4-2-10-21-12-16/h2,4,6-10,12H,3,5,11,13H2,1H3. The molecule has 0 spiro atoms. The van der Waals surface area contributed by atoms with Gasteiger partial charge in [0.2, 0.25) is 17.5 Å². The lowest BCUT2D eigenvalue weighted by Gasteiger charge is -2.02. The van der Waals surface area contributed by atoms with Gasteiger partial charge in [0.15, 0.2) is 6.54 Å². The quantitative estimate of drug-likeness (QED) is 0.321. The molecule has 152 valence electrons. The van der Waals surface area contributed by atoms with Crippen molar-refractivity contribution in [1.29, 1.82) is 0 Å². The van der Waals surface area contributed by atoms with Crippen LogP contribution in [0.3, 0.4) is 0 Å². The number of esters is 1. The summed E-state index contributed by atoms with van der Waals surface area (Å²) in [5.41, 5.74) is 2.76. The van der Waals surface area contributed by atoms with Crippen LogP contribution >= 0.6 is 0 Å². The predicted octanol–water partition coefficient (Wildman–Crippen LogP) is 2.27. The minimum Gasteiger partial charge on any atom is -0.464 e. The molecule has 4 aromatic rings. The highest BCUT2D eigenvalue weighted by Crippen LogP contribution is 2.15. The molecule has 0 aliphatic carbocycles. The highest BCUT2D eigenvalue weighted by atomic mass is 16.5. The van der Waals surface area contributed by atoms with Gasteiger partial charge in [-0.25, -0.2) is 4.79 Å². The molecule has 0 saturated heterocycles. The second-order valence-electron chi connectivity index (χ2n) is 6.59. The van der Waals surface area contributed by atoms with Crippen LogP contribution in [0.1, 0.15) is 17.9 Å². The first-order valence-corrected chi connectivity index (χ1v) is 9.41. The lowest BCUT2D eigenvalue weighted by molar-refractivity contribution is -0.145. The van der Waals surface area contributed by atoms with Gasteiger partial charge in [-0.3, -0.25) is 4.98 Å². The van der Waals surface area contributed by atoms with Crippen LogP contribution in [0.2, 0.25) is 0 Å². The molecular weight excluding hydrogens is 386 g/mol. The van der Waals surface area contributed by atoms with Crippen LogP contribution in [0.4, 0.5) is 0 Å². The summed E-state index contributed by atoms with van der Waals surface area (Å²) in [4.78, 5) is 21.5. The van der Waals surface area contributed by atoms with Crippen molar-refractivity contribution in [2.24, 2.45) is 0 Å². The molecule has 0 unspecified atom stereocenters. The van der Waals surface area contributed by atoms with Gasteiger partial charge in [0.1, 0.15) is 0 Å². The molecule has 0 fully saturated rings. The van der Waals surface area contributed by atoms with Gasteiger partial charge in [-0.2, -0.15) is 9.78 Å². The minimum atomic E-state index is -0.440. The van der Waals surface area contributed by atoms with Crippen molar-refractivity contribution in [3.63, 3.8) is 0 Å². The second-order valence-corrected chi connectivity index (χ2v) is 6.59. The van der Waals surface area contributed by atoms with Gasteiger partial charge in [0, 0.05) is 29.9 Å². The normalized spacial score (nSPS) is 10.8. The Bertz CT molecular complexity index is 1110. The van der Waals surface area contributed by atoms with Crippen molar-refractivity contribution < 1.29 is 14.1 Å². The smallest absolute Gasteiger partial charge is 0.329 e. The van der Waals surface area contributed by atoms with Gasteiger partial charge in [0.25, 0.3) is 0 Å². The second kappa shape index (κ2) is 9.03. The van der Waals surface area contributed by atoms with Crippen LogP contribution in [0.25, 0.3) is 22.8 Å². The Balaban J connectivity index is 1.21. The topological polar surface area (TPSA) is 122 Å². The van der Waals surface area contributed by atoms with Crippen molar-refractivity contribution >= 4 is 5.97 Å². The molecule has 10 nitrogen and oxygen atoms in total. The van der Waals surface area contributed by atoms with Crippen molar-refractivity contribution in [2.45, 2.75) is 26.3 Å². The zero-order valence-corrected chi connectivity index (χ0v) is 16.3. The zero-order valence-electron chi connectivity index (χ0n) is 16.3. The first-order chi connectivity index (χ1) is 14.7. The fraction of sp³-hybridized carbons (Fsp3) is 0.250. The molecule has 4 rings (SSSR count). The Morgan fingerprint density at radius 3 is 2.80 bits per heavy atom. The van der Waals surface area contributed by atoms with Crippen LogP contribution in [-0.2, 0) is 22.5 Å². The molecule has 0 aliphatic heterocycles. The third-order valence-corrected chi connectivity index (χ3v) is 4.22. The number of aromatic nitrogens is 7. The van der Waals surface area contributed by atoms with Gasteiger partial charge in [0.05, 0.1) is 6.61 Å². The minimum absolute atomic E-state index is 0.107. The summed E-state index contributed by atoms with van der Waals surface area (Å²) in [5, 5.41) is 16.0. The number of carbonyl (C=O) groups is 1.